The van der Waals surface area contributed by atoms with Gasteiger partial charge in [0.15, 0.2) is 0 Å². The summed E-state index contributed by atoms with van der Waals surface area (Å²) in [6.07, 6.45) is 12.0. The van der Waals surface area contributed by atoms with Crippen LogP contribution in [0.25, 0.3) is 0 Å². The van der Waals surface area contributed by atoms with Gasteiger partial charge in [-0.15, -0.1) is 0 Å². The number of anilines is 1. The molecule has 0 radical (unpaired) electrons. The lowest BCUT2D eigenvalue weighted by molar-refractivity contribution is 0.0102. The number of hydrogen-bond acceptors (Lipinski definition) is 2. The summed E-state index contributed by atoms with van der Waals surface area (Å²) in [5.41, 5.74) is 1.52. The Hall–Kier alpha value is -0.990. The van der Waals surface area contributed by atoms with E-state index in [1.54, 1.807) is 0 Å². The van der Waals surface area contributed by atoms with Crippen molar-refractivity contribution in [1.82, 2.24) is 9.55 Å². The van der Waals surface area contributed by atoms with Gasteiger partial charge in [0.25, 0.3) is 0 Å². The third-order valence-corrected chi connectivity index (χ3v) is 5.78. The van der Waals surface area contributed by atoms with E-state index >= 15 is 0 Å². The highest BCUT2D eigenvalue weighted by atomic mass is 15.2. The van der Waals surface area contributed by atoms with Gasteiger partial charge in [0.2, 0.25) is 5.95 Å². The molecule has 4 fully saturated rings. The van der Waals surface area contributed by atoms with E-state index in [1.807, 2.05) is 0 Å². The molecule has 1 aromatic rings. The van der Waals surface area contributed by atoms with E-state index in [2.05, 4.69) is 29.9 Å². The van der Waals surface area contributed by atoms with E-state index in [4.69, 9.17) is 4.98 Å². The van der Waals surface area contributed by atoms with Crippen molar-refractivity contribution in [2.75, 3.05) is 5.32 Å². The normalized spacial score (nSPS) is 38.4. The van der Waals surface area contributed by atoms with Crippen LogP contribution in [0.5, 0.6) is 0 Å². The van der Waals surface area contributed by atoms with Crippen molar-refractivity contribution in [3.8, 4) is 0 Å². The van der Waals surface area contributed by atoms with Gasteiger partial charge < -0.3 is 9.88 Å². The minimum absolute atomic E-state index is 0.373. The second-order valence-corrected chi connectivity index (χ2v) is 7.72. The monoisotopic (exact) mass is 273 g/mol. The van der Waals surface area contributed by atoms with Crippen LogP contribution in [-0.2, 0) is 6.54 Å². The largest absolute Gasteiger partial charge is 0.350 e. The molecule has 1 aromatic heterocycles. The summed E-state index contributed by atoms with van der Waals surface area (Å²) in [5.74, 6) is 4.10. The maximum Gasteiger partial charge on any atom is 0.203 e. The molecule has 3 nitrogen and oxygen atoms in total. The van der Waals surface area contributed by atoms with Gasteiger partial charge >= 0.3 is 0 Å². The van der Waals surface area contributed by atoms with E-state index in [9.17, 15) is 0 Å². The SMILES string of the molecule is CCCn1cc(C)nc1NC12CC3CC(CC(C3)C1)C2. The second-order valence-electron chi connectivity index (χ2n) is 7.72. The van der Waals surface area contributed by atoms with Gasteiger partial charge in [0, 0.05) is 18.3 Å². The summed E-state index contributed by atoms with van der Waals surface area (Å²) in [4.78, 5) is 4.76. The zero-order valence-electron chi connectivity index (χ0n) is 12.9. The third kappa shape index (κ3) is 2.06. The van der Waals surface area contributed by atoms with Crippen molar-refractivity contribution in [3.63, 3.8) is 0 Å². The van der Waals surface area contributed by atoms with Gasteiger partial charge in [0.05, 0.1) is 5.69 Å². The molecule has 4 aliphatic carbocycles. The number of aromatic nitrogens is 2. The number of rotatable bonds is 4. The maximum absolute atomic E-state index is 4.76. The lowest BCUT2D eigenvalue weighted by Crippen LogP contribution is -2.55. The minimum Gasteiger partial charge on any atom is -0.350 e. The first-order valence-electron chi connectivity index (χ1n) is 8.48. The van der Waals surface area contributed by atoms with Crippen molar-refractivity contribution >= 4 is 5.95 Å². The van der Waals surface area contributed by atoms with Gasteiger partial charge in [-0.3, -0.25) is 0 Å². The van der Waals surface area contributed by atoms with Crippen LogP contribution in [0.3, 0.4) is 0 Å². The zero-order chi connectivity index (χ0) is 13.7. The first-order valence-corrected chi connectivity index (χ1v) is 8.48. The summed E-state index contributed by atoms with van der Waals surface area (Å²) >= 11 is 0. The van der Waals surface area contributed by atoms with E-state index in [0.717, 1.165) is 35.9 Å². The molecule has 4 aliphatic rings. The fourth-order valence-corrected chi connectivity index (χ4v) is 5.56. The fourth-order valence-electron chi connectivity index (χ4n) is 5.56. The van der Waals surface area contributed by atoms with Crippen LogP contribution in [0.4, 0.5) is 5.95 Å². The van der Waals surface area contributed by atoms with Gasteiger partial charge in [0.1, 0.15) is 0 Å². The van der Waals surface area contributed by atoms with Crippen molar-refractivity contribution in [2.45, 2.75) is 70.9 Å². The average Bonchev–Trinajstić information content (AvgIpc) is 2.67. The molecule has 0 atom stereocenters. The summed E-state index contributed by atoms with van der Waals surface area (Å²) in [6.45, 7) is 5.43. The smallest absolute Gasteiger partial charge is 0.203 e. The van der Waals surface area contributed by atoms with Crippen molar-refractivity contribution in [1.29, 1.82) is 0 Å². The zero-order valence-corrected chi connectivity index (χ0v) is 12.9. The first kappa shape index (κ1) is 12.7. The summed E-state index contributed by atoms with van der Waals surface area (Å²) < 4.78 is 2.33. The Labute approximate surface area is 122 Å². The Morgan fingerprint density at radius 2 is 1.80 bits per heavy atom. The van der Waals surface area contributed by atoms with Gasteiger partial charge in [-0.1, -0.05) is 6.92 Å². The molecule has 3 heteroatoms. The Morgan fingerprint density at radius 1 is 1.20 bits per heavy atom. The van der Waals surface area contributed by atoms with Crippen molar-refractivity contribution in [3.05, 3.63) is 11.9 Å². The number of hydrogen-bond donors (Lipinski definition) is 1. The fraction of sp³-hybridized carbons (Fsp3) is 0.824. The van der Waals surface area contributed by atoms with Crippen LogP contribution in [0.15, 0.2) is 6.20 Å². The molecule has 110 valence electrons. The molecule has 1 N–H and O–H groups in total. The summed E-state index contributed by atoms with van der Waals surface area (Å²) in [7, 11) is 0. The Kier molecular flexibility index (Phi) is 2.87. The molecule has 0 amide bonds. The third-order valence-electron chi connectivity index (χ3n) is 5.78. The van der Waals surface area contributed by atoms with Crippen molar-refractivity contribution < 1.29 is 0 Å². The molecular weight excluding hydrogens is 246 g/mol. The maximum atomic E-state index is 4.76. The lowest BCUT2D eigenvalue weighted by atomic mass is 9.53. The van der Waals surface area contributed by atoms with Crippen LogP contribution < -0.4 is 5.32 Å². The predicted molar refractivity (Wildman–Crippen MR) is 81.8 cm³/mol. The lowest BCUT2D eigenvalue weighted by Gasteiger charge is -2.57. The molecular formula is C17H27N3. The molecule has 0 spiro atoms. The van der Waals surface area contributed by atoms with E-state index in [-0.39, 0.29) is 0 Å². The number of aryl methyl sites for hydroxylation is 2. The molecule has 5 rings (SSSR count). The summed E-state index contributed by atoms with van der Waals surface area (Å²) in [6, 6.07) is 0. The van der Waals surface area contributed by atoms with E-state index in [0.29, 0.717) is 5.54 Å². The number of nitrogens with one attached hydrogen (secondary N) is 1. The highest BCUT2D eigenvalue weighted by molar-refractivity contribution is 5.35. The molecule has 20 heavy (non-hydrogen) atoms. The van der Waals surface area contributed by atoms with E-state index < -0.39 is 0 Å². The van der Waals surface area contributed by atoms with Gasteiger partial charge in [-0.25, -0.2) is 4.98 Å². The molecule has 4 bridgehead atoms. The molecule has 0 aliphatic heterocycles. The van der Waals surface area contributed by atoms with Crippen molar-refractivity contribution in [2.24, 2.45) is 17.8 Å². The Bertz CT molecular complexity index is 467. The quantitative estimate of drug-likeness (QED) is 0.899. The van der Waals surface area contributed by atoms with Crippen LogP contribution in [0, 0.1) is 24.7 Å². The molecule has 4 saturated carbocycles. The molecule has 1 heterocycles. The van der Waals surface area contributed by atoms with Crippen LogP contribution in [0.1, 0.15) is 57.6 Å². The molecule has 0 unspecified atom stereocenters. The Morgan fingerprint density at radius 3 is 2.35 bits per heavy atom. The summed E-state index contributed by atoms with van der Waals surface area (Å²) in [5, 5.41) is 3.91. The number of imidazole rings is 1. The van der Waals surface area contributed by atoms with Crippen LogP contribution in [0.2, 0.25) is 0 Å². The highest BCUT2D eigenvalue weighted by Gasteiger charge is 2.51. The number of nitrogens with zero attached hydrogens (tertiary/aromatic N) is 2. The van der Waals surface area contributed by atoms with Crippen LogP contribution >= 0.6 is 0 Å². The Balaban J connectivity index is 1.59. The molecule has 0 aromatic carbocycles. The first-order chi connectivity index (χ1) is 9.66. The van der Waals surface area contributed by atoms with E-state index in [1.165, 1.54) is 44.9 Å². The van der Waals surface area contributed by atoms with Gasteiger partial charge in [-0.05, 0) is 69.6 Å². The average molecular weight is 273 g/mol. The standard InChI is InChI=1S/C17H27N3/c1-3-4-20-11-12(2)18-16(20)19-17-8-13-5-14(9-17)7-15(6-13)10-17/h11,13-15H,3-10H2,1-2H3,(H,18,19). The molecule has 0 saturated heterocycles. The predicted octanol–water partition coefficient (Wildman–Crippen LogP) is 3.98. The highest BCUT2D eigenvalue weighted by Crippen LogP contribution is 2.56. The van der Waals surface area contributed by atoms with Gasteiger partial charge in [-0.2, -0.15) is 0 Å². The van der Waals surface area contributed by atoms with Crippen LogP contribution in [-0.4, -0.2) is 15.1 Å². The minimum atomic E-state index is 0.373. The second kappa shape index (κ2) is 4.51. The topological polar surface area (TPSA) is 29.9 Å².